The van der Waals surface area contributed by atoms with Gasteiger partial charge in [-0.25, -0.2) is 9.50 Å². The first kappa shape index (κ1) is 12.5. The van der Waals surface area contributed by atoms with Crippen molar-refractivity contribution in [3.63, 3.8) is 0 Å². The Morgan fingerprint density at radius 3 is 2.75 bits per heavy atom. The molecule has 0 aliphatic heterocycles. The highest BCUT2D eigenvalue weighted by Crippen LogP contribution is 2.19. The zero-order chi connectivity index (χ0) is 13.9. The molecule has 5 heteroatoms. The van der Waals surface area contributed by atoms with Crippen LogP contribution >= 0.6 is 0 Å². The normalized spacial score (nSPS) is 10.7. The summed E-state index contributed by atoms with van der Waals surface area (Å²) >= 11 is 0. The van der Waals surface area contributed by atoms with Gasteiger partial charge in [0, 0.05) is 18.5 Å². The SMILES string of the molecule is COc1ccc(COc2cc3nccn3nc2C)cc1. The Kier molecular flexibility index (Phi) is 3.25. The van der Waals surface area contributed by atoms with Crippen LogP contribution < -0.4 is 9.47 Å². The Hall–Kier alpha value is -2.56. The van der Waals surface area contributed by atoms with Crippen LogP contribution in [0, 0.1) is 6.92 Å². The summed E-state index contributed by atoms with van der Waals surface area (Å²) in [5.74, 6) is 1.59. The van der Waals surface area contributed by atoms with Crippen molar-refractivity contribution in [1.29, 1.82) is 0 Å². The molecule has 0 aliphatic rings. The molecule has 20 heavy (non-hydrogen) atoms. The van der Waals surface area contributed by atoms with Gasteiger partial charge in [-0.05, 0) is 24.6 Å². The molecule has 3 rings (SSSR count). The molecule has 0 amide bonds. The molecule has 5 nitrogen and oxygen atoms in total. The van der Waals surface area contributed by atoms with E-state index < -0.39 is 0 Å². The minimum atomic E-state index is 0.489. The van der Waals surface area contributed by atoms with Crippen LogP contribution in [0.3, 0.4) is 0 Å². The number of benzene rings is 1. The van der Waals surface area contributed by atoms with Crippen LogP contribution in [0.1, 0.15) is 11.3 Å². The second-order valence-electron chi connectivity index (χ2n) is 4.46. The summed E-state index contributed by atoms with van der Waals surface area (Å²) in [5, 5.41) is 4.38. The van der Waals surface area contributed by atoms with Gasteiger partial charge < -0.3 is 9.47 Å². The summed E-state index contributed by atoms with van der Waals surface area (Å²) in [7, 11) is 1.65. The fourth-order valence-electron chi connectivity index (χ4n) is 1.96. The maximum atomic E-state index is 5.82. The fourth-order valence-corrected chi connectivity index (χ4v) is 1.96. The van der Waals surface area contributed by atoms with E-state index in [-0.39, 0.29) is 0 Å². The minimum Gasteiger partial charge on any atom is -0.497 e. The molecule has 0 atom stereocenters. The number of aryl methyl sites for hydroxylation is 1. The molecule has 0 saturated heterocycles. The van der Waals surface area contributed by atoms with E-state index in [2.05, 4.69) is 10.1 Å². The molecule has 0 fully saturated rings. The lowest BCUT2D eigenvalue weighted by Gasteiger charge is -2.09. The molecular formula is C15H15N3O2. The van der Waals surface area contributed by atoms with Crippen LogP contribution in [0.25, 0.3) is 5.65 Å². The summed E-state index contributed by atoms with van der Waals surface area (Å²) in [5.41, 5.74) is 2.69. The first-order chi connectivity index (χ1) is 9.76. The van der Waals surface area contributed by atoms with Gasteiger partial charge in [0.2, 0.25) is 0 Å². The first-order valence-corrected chi connectivity index (χ1v) is 6.33. The lowest BCUT2D eigenvalue weighted by molar-refractivity contribution is 0.301. The van der Waals surface area contributed by atoms with E-state index in [0.717, 1.165) is 28.4 Å². The molecular weight excluding hydrogens is 254 g/mol. The van der Waals surface area contributed by atoms with Crippen molar-refractivity contribution in [2.24, 2.45) is 0 Å². The van der Waals surface area contributed by atoms with E-state index in [1.165, 1.54) is 0 Å². The number of imidazole rings is 1. The van der Waals surface area contributed by atoms with Crippen molar-refractivity contribution in [2.75, 3.05) is 7.11 Å². The number of nitrogens with zero attached hydrogens (tertiary/aromatic N) is 3. The second kappa shape index (κ2) is 5.21. The van der Waals surface area contributed by atoms with Gasteiger partial charge in [-0.1, -0.05) is 12.1 Å². The highest BCUT2D eigenvalue weighted by Gasteiger charge is 2.05. The maximum absolute atomic E-state index is 5.82. The van der Waals surface area contributed by atoms with Gasteiger partial charge >= 0.3 is 0 Å². The van der Waals surface area contributed by atoms with E-state index in [9.17, 15) is 0 Å². The molecule has 3 aromatic rings. The summed E-state index contributed by atoms with van der Waals surface area (Å²) in [6, 6.07) is 9.69. The summed E-state index contributed by atoms with van der Waals surface area (Å²) < 4.78 is 12.7. The van der Waals surface area contributed by atoms with Gasteiger partial charge in [-0.15, -0.1) is 0 Å². The van der Waals surface area contributed by atoms with Crippen LogP contribution in [0.2, 0.25) is 0 Å². The largest absolute Gasteiger partial charge is 0.497 e. The van der Waals surface area contributed by atoms with Gasteiger partial charge in [0.05, 0.1) is 7.11 Å². The van der Waals surface area contributed by atoms with Gasteiger partial charge in [-0.2, -0.15) is 5.10 Å². The fraction of sp³-hybridized carbons (Fsp3) is 0.200. The topological polar surface area (TPSA) is 48.7 Å². The number of rotatable bonds is 4. The highest BCUT2D eigenvalue weighted by molar-refractivity contribution is 5.44. The Balaban J connectivity index is 1.76. The van der Waals surface area contributed by atoms with E-state index in [4.69, 9.17) is 9.47 Å². The van der Waals surface area contributed by atoms with E-state index >= 15 is 0 Å². The Morgan fingerprint density at radius 1 is 1.20 bits per heavy atom. The van der Waals surface area contributed by atoms with E-state index in [0.29, 0.717) is 6.61 Å². The Bertz CT molecular complexity index is 720. The molecule has 0 spiro atoms. The first-order valence-electron chi connectivity index (χ1n) is 6.33. The number of hydrogen-bond donors (Lipinski definition) is 0. The molecule has 2 heterocycles. The van der Waals surface area contributed by atoms with Gasteiger partial charge in [-0.3, -0.25) is 0 Å². The second-order valence-corrected chi connectivity index (χ2v) is 4.46. The van der Waals surface area contributed by atoms with Gasteiger partial charge in [0.1, 0.15) is 23.8 Å². The Morgan fingerprint density at radius 2 is 2.00 bits per heavy atom. The third kappa shape index (κ3) is 2.42. The molecule has 0 saturated carbocycles. The molecule has 0 bridgehead atoms. The van der Waals surface area contributed by atoms with E-state index in [1.54, 1.807) is 17.8 Å². The lowest BCUT2D eigenvalue weighted by atomic mass is 10.2. The highest BCUT2D eigenvalue weighted by atomic mass is 16.5. The third-order valence-corrected chi connectivity index (χ3v) is 3.08. The summed E-state index contributed by atoms with van der Waals surface area (Å²) in [4.78, 5) is 4.20. The van der Waals surface area contributed by atoms with Crippen LogP contribution in [0.15, 0.2) is 42.7 Å². The van der Waals surface area contributed by atoms with Gasteiger partial charge in [0.15, 0.2) is 5.65 Å². The zero-order valence-electron chi connectivity index (χ0n) is 11.4. The van der Waals surface area contributed by atoms with Crippen molar-refractivity contribution in [2.45, 2.75) is 13.5 Å². The Labute approximate surface area is 116 Å². The average molecular weight is 269 g/mol. The molecule has 2 aromatic heterocycles. The van der Waals surface area contributed by atoms with Crippen LogP contribution in [-0.2, 0) is 6.61 Å². The number of aromatic nitrogens is 3. The van der Waals surface area contributed by atoms with Crippen LogP contribution in [-0.4, -0.2) is 21.7 Å². The summed E-state index contributed by atoms with van der Waals surface area (Å²) in [6.45, 7) is 2.41. The average Bonchev–Trinajstić information content (AvgIpc) is 2.92. The summed E-state index contributed by atoms with van der Waals surface area (Å²) in [6.07, 6.45) is 3.53. The molecule has 0 aliphatic carbocycles. The van der Waals surface area contributed by atoms with Crippen molar-refractivity contribution >= 4 is 5.65 Å². The molecule has 0 radical (unpaired) electrons. The number of hydrogen-bond acceptors (Lipinski definition) is 4. The predicted octanol–water partition coefficient (Wildman–Crippen LogP) is 2.63. The number of methoxy groups -OCH3 is 1. The number of fused-ring (bicyclic) bond motifs is 1. The van der Waals surface area contributed by atoms with Crippen molar-refractivity contribution in [3.05, 3.63) is 54.0 Å². The smallest absolute Gasteiger partial charge is 0.157 e. The van der Waals surface area contributed by atoms with Crippen LogP contribution in [0.5, 0.6) is 11.5 Å². The molecule has 0 N–H and O–H groups in total. The minimum absolute atomic E-state index is 0.489. The van der Waals surface area contributed by atoms with Crippen molar-refractivity contribution in [3.8, 4) is 11.5 Å². The van der Waals surface area contributed by atoms with Crippen molar-refractivity contribution in [1.82, 2.24) is 14.6 Å². The molecule has 0 unspecified atom stereocenters. The monoisotopic (exact) mass is 269 g/mol. The van der Waals surface area contributed by atoms with E-state index in [1.807, 2.05) is 43.5 Å². The standard InChI is InChI=1S/C15H15N3O2/c1-11-14(9-15-16-7-8-18(15)17-11)20-10-12-3-5-13(19-2)6-4-12/h3-9H,10H2,1-2H3. The zero-order valence-corrected chi connectivity index (χ0v) is 11.4. The van der Waals surface area contributed by atoms with Gasteiger partial charge in [0.25, 0.3) is 0 Å². The molecule has 1 aromatic carbocycles. The predicted molar refractivity (Wildman–Crippen MR) is 75.1 cm³/mol. The quantitative estimate of drug-likeness (QED) is 0.730. The third-order valence-electron chi connectivity index (χ3n) is 3.08. The molecule has 102 valence electrons. The maximum Gasteiger partial charge on any atom is 0.157 e. The van der Waals surface area contributed by atoms with Crippen molar-refractivity contribution < 1.29 is 9.47 Å². The lowest BCUT2D eigenvalue weighted by Crippen LogP contribution is -2.01. The number of ether oxygens (including phenoxy) is 2. The van der Waals surface area contributed by atoms with Crippen LogP contribution in [0.4, 0.5) is 0 Å².